The zero-order valence-electron chi connectivity index (χ0n) is 11.0. The van der Waals surface area contributed by atoms with Crippen molar-refractivity contribution in [1.29, 1.82) is 0 Å². The van der Waals surface area contributed by atoms with Crippen LogP contribution in [0.3, 0.4) is 0 Å². The smallest absolute Gasteiger partial charge is 0.182 e. The van der Waals surface area contributed by atoms with Crippen molar-refractivity contribution in [2.24, 2.45) is 0 Å². The maximum absolute atomic E-state index is 13.5. The molecule has 4 heteroatoms. The van der Waals surface area contributed by atoms with Gasteiger partial charge in [-0.2, -0.15) is 0 Å². The number of carbonyl (C=O) groups excluding carboxylic acids is 1. The summed E-state index contributed by atoms with van der Waals surface area (Å²) in [7, 11) is 0. The number of benzene rings is 1. The number of hydrogen-bond acceptors (Lipinski definition) is 2. The van der Waals surface area contributed by atoms with Crippen molar-refractivity contribution >= 4 is 5.78 Å². The molecule has 0 radical (unpaired) electrons. The fourth-order valence-corrected chi connectivity index (χ4v) is 1.87. The number of hydrogen-bond donors (Lipinski definition) is 0. The Morgan fingerprint density at radius 3 is 2.28 bits per heavy atom. The van der Waals surface area contributed by atoms with Gasteiger partial charge in [-0.3, -0.25) is 9.69 Å². The van der Waals surface area contributed by atoms with Gasteiger partial charge in [-0.15, -0.1) is 0 Å². The van der Waals surface area contributed by atoms with Crippen LogP contribution in [0.1, 0.15) is 37.6 Å². The van der Waals surface area contributed by atoms with Crippen LogP contribution in [0.25, 0.3) is 0 Å². The summed E-state index contributed by atoms with van der Waals surface area (Å²) in [5, 5.41) is 0. The fourth-order valence-electron chi connectivity index (χ4n) is 1.87. The second-order valence-electron chi connectivity index (χ2n) is 4.34. The van der Waals surface area contributed by atoms with Crippen molar-refractivity contribution in [2.45, 2.75) is 33.2 Å². The van der Waals surface area contributed by atoms with E-state index in [-0.39, 0.29) is 12.6 Å². The molecule has 0 fully saturated rings. The molecule has 100 valence electrons. The molecule has 1 unspecified atom stereocenters. The quantitative estimate of drug-likeness (QED) is 0.727. The maximum Gasteiger partial charge on any atom is 0.182 e. The van der Waals surface area contributed by atoms with Crippen molar-refractivity contribution in [1.82, 2.24) is 4.90 Å². The predicted molar refractivity (Wildman–Crippen MR) is 67.7 cm³/mol. The first-order chi connectivity index (χ1) is 8.51. The summed E-state index contributed by atoms with van der Waals surface area (Å²) in [5.74, 6) is -2.09. The number of halogens is 2. The molecule has 0 aliphatic heterocycles. The zero-order chi connectivity index (χ0) is 13.7. The number of carbonyl (C=O) groups is 1. The topological polar surface area (TPSA) is 20.3 Å². The average molecular weight is 255 g/mol. The van der Waals surface area contributed by atoms with Gasteiger partial charge in [-0.05, 0) is 32.0 Å². The first-order valence-electron chi connectivity index (χ1n) is 6.22. The third-order valence-corrected chi connectivity index (χ3v) is 3.21. The third kappa shape index (κ3) is 3.35. The lowest BCUT2D eigenvalue weighted by molar-refractivity contribution is 0.0894. The van der Waals surface area contributed by atoms with E-state index in [1.54, 1.807) is 0 Å². The van der Waals surface area contributed by atoms with Crippen LogP contribution in [0.5, 0.6) is 0 Å². The van der Waals surface area contributed by atoms with E-state index in [1.807, 2.05) is 25.7 Å². The number of nitrogens with zero attached hydrogens (tertiary/aromatic N) is 1. The number of rotatable bonds is 6. The van der Waals surface area contributed by atoms with E-state index in [4.69, 9.17) is 0 Å². The van der Waals surface area contributed by atoms with Crippen molar-refractivity contribution in [2.75, 3.05) is 13.1 Å². The molecule has 0 amide bonds. The minimum Gasteiger partial charge on any atom is -0.293 e. The molecule has 0 aromatic heterocycles. The Morgan fingerprint density at radius 2 is 1.83 bits per heavy atom. The summed E-state index contributed by atoms with van der Waals surface area (Å²) in [5.41, 5.74) is -0.431. The molecule has 1 atom stereocenters. The molecule has 0 heterocycles. The molecule has 1 aromatic rings. The fraction of sp³-hybridized carbons (Fsp3) is 0.500. The number of likely N-dealkylation sites (N-methyl/N-ethyl adjacent to an activating group) is 1. The van der Waals surface area contributed by atoms with Gasteiger partial charge in [0.2, 0.25) is 0 Å². The van der Waals surface area contributed by atoms with Gasteiger partial charge in [0.1, 0.15) is 11.6 Å². The van der Waals surface area contributed by atoms with Crippen molar-refractivity contribution in [3.8, 4) is 0 Å². The van der Waals surface area contributed by atoms with Gasteiger partial charge >= 0.3 is 0 Å². The van der Waals surface area contributed by atoms with Crippen LogP contribution in [0.4, 0.5) is 8.78 Å². The van der Waals surface area contributed by atoms with Crippen LogP contribution in [0.15, 0.2) is 18.2 Å². The number of Topliss-reactive ketones (excluding diaryl/α,β-unsaturated/α-hetero) is 1. The Kier molecular flexibility index (Phi) is 5.41. The Hall–Kier alpha value is -1.29. The van der Waals surface area contributed by atoms with Crippen LogP contribution < -0.4 is 0 Å². The van der Waals surface area contributed by atoms with E-state index in [0.29, 0.717) is 6.54 Å². The molecule has 0 aliphatic carbocycles. The van der Waals surface area contributed by atoms with Gasteiger partial charge in [0.05, 0.1) is 12.1 Å². The molecular weight excluding hydrogens is 236 g/mol. The largest absolute Gasteiger partial charge is 0.293 e. The monoisotopic (exact) mass is 255 g/mol. The summed E-state index contributed by atoms with van der Waals surface area (Å²) < 4.78 is 26.9. The lowest BCUT2D eigenvalue weighted by Crippen LogP contribution is -2.37. The van der Waals surface area contributed by atoms with Crippen LogP contribution in [-0.2, 0) is 0 Å². The Bertz CT molecular complexity index is 400. The molecule has 0 spiro atoms. The van der Waals surface area contributed by atoms with E-state index in [1.165, 1.54) is 6.07 Å². The van der Waals surface area contributed by atoms with Crippen LogP contribution in [0.2, 0.25) is 0 Å². The van der Waals surface area contributed by atoms with E-state index in [0.717, 1.165) is 18.6 Å². The highest BCUT2D eigenvalue weighted by Crippen LogP contribution is 2.14. The first kappa shape index (κ1) is 14.8. The molecule has 0 saturated heterocycles. The van der Waals surface area contributed by atoms with Gasteiger partial charge in [-0.1, -0.05) is 19.9 Å². The SMILES string of the molecule is CCC(C)N(CC)CC(=O)c1c(F)cccc1F. The maximum atomic E-state index is 13.5. The minimum absolute atomic E-state index is 0.0450. The normalized spacial score (nSPS) is 12.8. The van der Waals surface area contributed by atoms with E-state index in [2.05, 4.69) is 0 Å². The highest BCUT2D eigenvalue weighted by Gasteiger charge is 2.21. The zero-order valence-corrected chi connectivity index (χ0v) is 11.0. The standard InChI is InChI=1S/C14H19F2NO/c1-4-10(3)17(5-2)9-13(18)14-11(15)7-6-8-12(14)16/h6-8,10H,4-5,9H2,1-3H3. The van der Waals surface area contributed by atoms with Gasteiger partial charge < -0.3 is 0 Å². The highest BCUT2D eigenvalue weighted by molar-refractivity contribution is 5.98. The second kappa shape index (κ2) is 6.59. The van der Waals surface area contributed by atoms with Crippen molar-refractivity contribution in [3.63, 3.8) is 0 Å². The van der Waals surface area contributed by atoms with Crippen molar-refractivity contribution in [3.05, 3.63) is 35.4 Å². The van der Waals surface area contributed by atoms with Crippen LogP contribution in [0, 0.1) is 11.6 Å². The average Bonchev–Trinajstić information content (AvgIpc) is 2.34. The Labute approximate surface area is 107 Å². The minimum atomic E-state index is -0.791. The van der Waals surface area contributed by atoms with Gasteiger partial charge in [0.25, 0.3) is 0 Å². The summed E-state index contributed by atoms with van der Waals surface area (Å²) in [4.78, 5) is 13.9. The first-order valence-corrected chi connectivity index (χ1v) is 6.22. The summed E-state index contributed by atoms with van der Waals surface area (Å²) in [6, 6.07) is 3.69. The van der Waals surface area contributed by atoms with Gasteiger partial charge in [0.15, 0.2) is 5.78 Å². The highest BCUT2D eigenvalue weighted by atomic mass is 19.1. The summed E-state index contributed by atoms with van der Waals surface area (Å²) >= 11 is 0. The number of ketones is 1. The predicted octanol–water partition coefficient (Wildman–Crippen LogP) is 3.27. The van der Waals surface area contributed by atoms with E-state index < -0.39 is 23.0 Å². The van der Waals surface area contributed by atoms with Crippen LogP contribution in [-0.4, -0.2) is 29.8 Å². The molecule has 0 N–H and O–H groups in total. The molecule has 0 saturated carbocycles. The summed E-state index contributed by atoms with van der Waals surface area (Å²) in [6.07, 6.45) is 0.890. The van der Waals surface area contributed by atoms with Gasteiger partial charge in [0, 0.05) is 6.04 Å². The Balaban J connectivity index is 2.88. The molecule has 1 rings (SSSR count). The molecule has 0 aliphatic rings. The van der Waals surface area contributed by atoms with E-state index in [9.17, 15) is 13.6 Å². The van der Waals surface area contributed by atoms with Gasteiger partial charge in [-0.25, -0.2) is 8.78 Å². The lowest BCUT2D eigenvalue weighted by atomic mass is 10.1. The molecule has 2 nitrogen and oxygen atoms in total. The van der Waals surface area contributed by atoms with Crippen molar-refractivity contribution < 1.29 is 13.6 Å². The van der Waals surface area contributed by atoms with Crippen LogP contribution >= 0.6 is 0 Å². The summed E-state index contributed by atoms with van der Waals surface area (Å²) in [6.45, 7) is 6.66. The second-order valence-corrected chi connectivity index (χ2v) is 4.34. The molecule has 18 heavy (non-hydrogen) atoms. The molecular formula is C14H19F2NO. The van der Waals surface area contributed by atoms with E-state index >= 15 is 0 Å². The molecule has 1 aromatic carbocycles. The third-order valence-electron chi connectivity index (χ3n) is 3.21. The molecule has 0 bridgehead atoms. The Morgan fingerprint density at radius 1 is 1.28 bits per heavy atom. The lowest BCUT2D eigenvalue weighted by Gasteiger charge is -2.26.